The van der Waals surface area contributed by atoms with Gasteiger partial charge < -0.3 is 19.3 Å². The second kappa shape index (κ2) is 11.4. The van der Waals surface area contributed by atoms with Crippen LogP contribution in [0.1, 0.15) is 39.7 Å². The molecule has 2 aromatic carbocycles. The maximum atomic E-state index is 13.9. The van der Waals surface area contributed by atoms with Crippen molar-refractivity contribution in [1.82, 2.24) is 9.80 Å². The minimum atomic E-state index is -0.506. The number of rotatable bonds is 8. The van der Waals surface area contributed by atoms with Crippen molar-refractivity contribution < 1.29 is 27.8 Å². The number of fused-ring (bicyclic) bond motifs is 1. The summed E-state index contributed by atoms with van der Waals surface area (Å²) in [5.74, 6) is -0.968. The third-order valence-electron chi connectivity index (χ3n) is 6.77. The van der Waals surface area contributed by atoms with Gasteiger partial charge in [-0.15, -0.1) is 11.3 Å². The standard InChI is InChI=1S/C28H28F2N2O4S/c29-20-6-8-22(9-7-20)36-18-25-24-11-14-37-26(24)10-12-32(25)27(33)17-31(16-23-5-2-13-35-23)28(34)19-3-1-4-21(30)15-19/h1,3-4,6-9,11,14-15,23,25H,2,5,10,12-13,16-18H2/t23-,25-/m1/s1. The normalized spacial score (nSPS) is 18.9. The van der Waals surface area contributed by atoms with Crippen molar-refractivity contribution in [3.05, 3.63) is 87.6 Å². The highest BCUT2D eigenvalue weighted by Crippen LogP contribution is 2.34. The lowest BCUT2D eigenvalue weighted by molar-refractivity contribution is -0.135. The predicted octanol–water partition coefficient (Wildman–Crippen LogP) is 4.85. The molecule has 0 bridgehead atoms. The van der Waals surface area contributed by atoms with Gasteiger partial charge in [-0.1, -0.05) is 6.07 Å². The minimum absolute atomic E-state index is 0.151. The molecule has 3 aromatic rings. The van der Waals surface area contributed by atoms with Gasteiger partial charge in [-0.3, -0.25) is 9.59 Å². The van der Waals surface area contributed by atoms with Gasteiger partial charge in [0.25, 0.3) is 5.91 Å². The second-order valence-corrected chi connectivity index (χ2v) is 10.2. The van der Waals surface area contributed by atoms with Crippen molar-refractivity contribution >= 4 is 23.2 Å². The van der Waals surface area contributed by atoms with Gasteiger partial charge in [-0.25, -0.2) is 8.78 Å². The molecule has 1 aromatic heterocycles. The second-order valence-electron chi connectivity index (χ2n) is 9.25. The summed E-state index contributed by atoms with van der Waals surface area (Å²) < 4.78 is 38.9. The fourth-order valence-corrected chi connectivity index (χ4v) is 5.82. The number of thiophene rings is 1. The molecule has 2 amide bonds. The Morgan fingerprint density at radius 3 is 2.70 bits per heavy atom. The van der Waals surface area contributed by atoms with Gasteiger partial charge >= 0.3 is 0 Å². The van der Waals surface area contributed by atoms with Crippen molar-refractivity contribution in [2.24, 2.45) is 0 Å². The molecule has 2 aliphatic heterocycles. The van der Waals surface area contributed by atoms with Gasteiger partial charge in [0.15, 0.2) is 0 Å². The van der Waals surface area contributed by atoms with E-state index in [1.54, 1.807) is 34.4 Å². The van der Waals surface area contributed by atoms with Crippen LogP contribution in [0.15, 0.2) is 60.0 Å². The third kappa shape index (κ3) is 5.99. The van der Waals surface area contributed by atoms with Gasteiger partial charge in [0.05, 0.1) is 12.1 Å². The molecule has 2 atom stereocenters. The first-order chi connectivity index (χ1) is 18.0. The molecule has 1 fully saturated rings. The Morgan fingerprint density at radius 1 is 1.11 bits per heavy atom. The van der Waals surface area contributed by atoms with Crippen LogP contribution in [0.5, 0.6) is 5.75 Å². The van der Waals surface area contributed by atoms with E-state index in [1.165, 1.54) is 40.1 Å². The zero-order valence-electron chi connectivity index (χ0n) is 20.3. The van der Waals surface area contributed by atoms with E-state index >= 15 is 0 Å². The van der Waals surface area contributed by atoms with Gasteiger partial charge in [0.1, 0.15) is 30.5 Å². The summed E-state index contributed by atoms with van der Waals surface area (Å²) in [5.41, 5.74) is 1.22. The van der Waals surface area contributed by atoms with E-state index in [-0.39, 0.29) is 49.1 Å². The quantitative estimate of drug-likeness (QED) is 0.421. The highest BCUT2D eigenvalue weighted by atomic mass is 32.1. The first-order valence-electron chi connectivity index (χ1n) is 12.4. The lowest BCUT2D eigenvalue weighted by Crippen LogP contribution is -2.49. The van der Waals surface area contributed by atoms with Crippen molar-refractivity contribution in [3.8, 4) is 5.75 Å². The molecule has 0 radical (unpaired) electrons. The zero-order chi connectivity index (χ0) is 25.8. The Labute approximate surface area is 218 Å². The van der Waals surface area contributed by atoms with Crippen LogP contribution >= 0.6 is 11.3 Å². The van der Waals surface area contributed by atoms with Gasteiger partial charge in [-0.05, 0) is 78.7 Å². The van der Waals surface area contributed by atoms with Crippen molar-refractivity contribution in [2.75, 3.05) is 32.8 Å². The maximum Gasteiger partial charge on any atom is 0.254 e. The molecule has 2 aliphatic rings. The van der Waals surface area contributed by atoms with E-state index in [0.717, 1.165) is 24.8 Å². The summed E-state index contributed by atoms with van der Waals surface area (Å²) in [6.45, 7) is 1.42. The summed E-state index contributed by atoms with van der Waals surface area (Å²) in [5, 5.41) is 2.00. The SMILES string of the molecule is O=C(c1cccc(F)c1)N(CC(=O)N1CCc2sccc2[C@H]1COc1ccc(F)cc1)C[C@H]1CCCO1. The van der Waals surface area contributed by atoms with E-state index in [1.807, 2.05) is 11.4 Å². The van der Waals surface area contributed by atoms with Crippen LogP contribution in [0.25, 0.3) is 0 Å². The molecular formula is C28H28F2N2O4S. The highest BCUT2D eigenvalue weighted by molar-refractivity contribution is 7.10. The molecule has 6 nitrogen and oxygen atoms in total. The first kappa shape index (κ1) is 25.4. The molecular weight excluding hydrogens is 498 g/mol. The number of carbonyl (C=O) groups is 2. The van der Waals surface area contributed by atoms with E-state index < -0.39 is 11.7 Å². The van der Waals surface area contributed by atoms with Crippen LogP contribution in [0.3, 0.4) is 0 Å². The molecule has 0 spiro atoms. The van der Waals surface area contributed by atoms with Crippen LogP contribution < -0.4 is 4.74 Å². The molecule has 0 aliphatic carbocycles. The fourth-order valence-electron chi connectivity index (χ4n) is 4.89. The Morgan fingerprint density at radius 2 is 1.95 bits per heavy atom. The molecule has 3 heterocycles. The minimum Gasteiger partial charge on any atom is -0.491 e. The maximum absolute atomic E-state index is 13.9. The van der Waals surface area contributed by atoms with Crippen LogP contribution in [-0.2, 0) is 16.0 Å². The molecule has 37 heavy (non-hydrogen) atoms. The summed E-state index contributed by atoms with van der Waals surface area (Å²) >= 11 is 1.65. The number of hydrogen-bond donors (Lipinski definition) is 0. The number of benzene rings is 2. The molecule has 0 saturated carbocycles. The van der Waals surface area contributed by atoms with Crippen LogP contribution in [0, 0.1) is 11.6 Å². The smallest absolute Gasteiger partial charge is 0.254 e. The Hall–Kier alpha value is -3.30. The molecule has 1 saturated heterocycles. The molecule has 0 unspecified atom stereocenters. The van der Waals surface area contributed by atoms with Crippen molar-refractivity contribution in [2.45, 2.75) is 31.4 Å². The largest absolute Gasteiger partial charge is 0.491 e. The predicted molar refractivity (Wildman–Crippen MR) is 136 cm³/mol. The summed E-state index contributed by atoms with van der Waals surface area (Å²) in [4.78, 5) is 31.5. The Kier molecular flexibility index (Phi) is 7.81. The average Bonchev–Trinajstić information content (AvgIpc) is 3.59. The third-order valence-corrected chi connectivity index (χ3v) is 7.77. The van der Waals surface area contributed by atoms with Gasteiger partial charge in [0, 0.05) is 30.1 Å². The molecule has 5 rings (SSSR count). The first-order valence-corrected chi connectivity index (χ1v) is 13.3. The summed E-state index contributed by atoms with van der Waals surface area (Å²) in [6, 6.07) is 12.9. The van der Waals surface area contributed by atoms with Crippen molar-refractivity contribution in [1.29, 1.82) is 0 Å². The summed E-state index contributed by atoms with van der Waals surface area (Å²) in [7, 11) is 0. The highest BCUT2D eigenvalue weighted by Gasteiger charge is 2.34. The Balaban J connectivity index is 1.35. The van der Waals surface area contributed by atoms with Crippen LogP contribution in [0.2, 0.25) is 0 Å². The number of nitrogens with zero attached hydrogens (tertiary/aromatic N) is 2. The van der Waals surface area contributed by atoms with E-state index in [0.29, 0.717) is 18.9 Å². The van der Waals surface area contributed by atoms with E-state index in [4.69, 9.17) is 9.47 Å². The van der Waals surface area contributed by atoms with Gasteiger partial charge in [-0.2, -0.15) is 0 Å². The van der Waals surface area contributed by atoms with Crippen LogP contribution in [-0.4, -0.2) is 60.6 Å². The molecule has 194 valence electrons. The number of hydrogen-bond acceptors (Lipinski definition) is 5. The fraction of sp³-hybridized carbons (Fsp3) is 0.357. The topological polar surface area (TPSA) is 59.1 Å². The monoisotopic (exact) mass is 526 g/mol. The summed E-state index contributed by atoms with van der Waals surface area (Å²) in [6.07, 6.45) is 2.26. The van der Waals surface area contributed by atoms with Crippen molar-refractivity contribution in [3.63, 3.8) is 0 Å². The number of halogens is 2. The average molecular weight is 527 g/mol. The zero-order valence-corrected chi connectivity index (χ0v) is 21.1. The van der Waals surface area contributed by atoms with Crippen LogP contribution in [0.4, 0.5) is 8.78 Å². The Bertz CT molecular complexity index is 1240. The van der Waals surface area contributed by atoms with E-state index in [2.05, 4.69) is 0 Å². The number of carbonyl (C=O) groups excluding carboxylic acids is 2. The lowest BCUT2D eigenvalue weighted by Gasteiger charge is -2.37. The number of amides is 2. The van der Waals surface area contributed by atoms with E-state index in [9.17, 15) is 18.4 Å². The number of ether oxygens (including phenoxy) is 2. The lowest BCUT2D eigenvalue weighted by atomic mass is 10.00. The molecule has 0 N–H and O–H groups in total. The molecule has 9 heteroatoms. The van der Waals surface area contributed by atoms with Gasteiger partial charge in [0.2, 0.25) is 5.91 Å².